The van der Waals surface area contributed by atoms with E-state index in [1.165, 1.54) is 4.57 Å². The van der Waals surface area contributed by atoms with E-state index in [0.717, 1.165) is 16.9 Å². The third kappa shape index (κ3) is 4.25. The van der Waals surface area contributed by atoms with Crippen LogP contribution in [0.1, 0.15) is 18.1 Å². The van der Waals surface area contributed by atoms with Crippen LogP contribution >= 0.6 is 0 Å². The van der Waals surface area contributed by atoms with Gasteiger partial charge in [-0.2, -0.15) is 10.1 Å². The summed E-state index contributed by atoms with van der Waals surface area (Å²) in [7, 11) is 1.56. The first-order chi connectivity index (χ1) is 15.1. The number of fused-ring (bicyclic) bond motifs is 1. The average Bonchev–Trinajstić information content (AvgIpc) is 3.13. The number of imidazole rings is 1. The Hall–Kier alpha value is -4.14. The van der Waals surface area contributed by atoms with Crippen LogP contribution in [0.15, 0.2) is 69.3 Å². The molecular formula is C22H22N6O3. The predicted molar refractivity (Wildman–Crippen MR) is 120 cm³/mol. The van der Waals surface area contributed by atoms with Gasteiger partial charge in [-0.3, -0.25) is 18.9 Å². The molecule has 0 aliphatic carbocycles. The van der Waals surface area contributed by atoms with Crippen molar-refractivity contribution in [1.82, 2.24) is 19.1 Å². The summed E-state index contributed by atoms with van der Waals surface area (Å²) in [6, 6.07) is 17.2. The molecular weight excluding hydrogens is 396 g/mol. The van der Waals surface area contributed by atoms with E-state index in [4.69, 9.17) is 4.74 Å². The summed E-state index contributed by atoms with van der Waals surface area (Å²) < 4.78 is 8.45. The van der Waals surface area contributed by atoms with E-state index in [9.17, 15) is 9.59 Å². The van der Waals surface area contributed by atoms with E-state index >= 15 is 0 Å². The van der Waals surface area contributed by atoms with Crippen LogP contribution in [0.25, 0.3) is 11.2 Å². The van der Waals surface area contributed by atoms with Gasteiger partial charge < -0.3 is 4.74 Å². The van der Waals surface area contributed by atoms with Crippen molar-refractivity contribution in [2.75, 3.05) is 12.0 Å². The van der Waals surface area contributed by atoms with Gasteiger partial charge in [0.2, 0.25) is 5.95 Å². The van der Waals surface area contributed by atoms with E-state index in [1.54, 1.807) is 17.8 Å². The molecule has 0 spiro atoms. The molecule has 2 N–H and O–H groups in total. The van der Waals surface area contributed by atoms with Crippen molar-refractivity contribution in [2.24, 2.45) is 12.1 Å². The summed E-state index contributed by atoms with van der Waals surface area (Å²) in [5, 5.41) is 4.27. The fourth-order valence-electron chi connectivity index (χ4n) is 3.22. The summed E-state index contributed by atoms with van der Waals surface area (Å²) in [6.07, 6.45) is 1.64. The normalized spacial score (nSPS) is 11.3. The Kier molecular flexibility index (Phi) is 5.65. The maximum Gasteiger partial charge on any atom is 0.329 e. The van der Waals surface area contributed by atoms with Crippen LogP contribution in [0, 0.1) is 0 Å². The van der Waals surface area contributed by atoms with Gasteiger partial charge >= 0.3 is 5.69 Å². The lowest BCUT2D eigenvalue weighted by molar-refractivity contribution is 0.340. The second-order valence-corrected chi connectivity index (χ2v) is 6.87. The third-order valence-corrected chi connectivity index (χ3v) is 4.76. The van der Waals surface area contributed by atoms with Crippen LogP contribution in [0.5, 0.6) is 5.75 Å². The monoisotopic (exact) mass is 418 g/mol. The first kappa shape index (κ1) is 20.1. The molecule has 2 heterocycles. The molecule has 158 valence electrons. The van der Waals surface area contributed by atoms with E-state index in [0.29, 0.717) is 24.6 Å². The minimum absolute atomic E-state index is 0.281. The first-order valence-corrected chi connectivity index (χ1v) is 9.82. The molecule has 0 saturated heterocycles. The topological polar surface area (TPSA) is 106 Å². The van der Waals surface area contributed by atoms with Crippen molar-refractivity contribution in [3.8, 4) is 5.75 Å². The second kappa shape index (κ2) is 8.70. The lowest BCUT2D eigenvalue weighted by Gasteiger charge is -2.08. The van der Waals surface area contributed by atoms with Crippen LogP contribution < -0.4 is 21.4 Å². The number of aryl methyl sites for hydroxylation is 1. The molecule has 0 atom stereocenters. The number of nitrogens with one attached hydrogen (secondary N) is 2. The molecule has 31 heavy (non-hydrogen) atoms. The molecule has 0 radical (unpaired) electrons. The Bertz CT molecular complexity index is 1330. The molecule has 4 rings (SSSR count). The first-order valence-electron chi connectivity index (χ1n) is 9.82. The van der Waals surface area contributed by atoms with Crippen molar-refractivity contribution in [2.45, 2.75) is 13.5 Å². The Morgan fingerprint density at radius 3 is 2.58 bits per heavy atom. The molecule has 2 aromatic carbocycles. The summed E-state index contributed by atoms with van der Waals surface area (Å²) >= 11 is 0. The lowest BCUT2D eigenvalue weighted by Crippen LogP contribution is -2.29. The number of H-pyrrole nitrogens is 1. The number of hydrogen-bond acceptors (Lipinski definition) is 6. The number of benzene rings is 2. The molecule has 9 nitrogen and oxygen atoms in total. The number of hydrazone groups is 1. The second-order valence-electron chi connectivity index (χ2n) is 6.87. The number of rotatable bonds is 7. The zero-order chi connectivity index (χ0) is 21.8. The number of nitrogens with zero attached hydrogens (tertiary/aromatic N) is 4. The molecule has 0 bridgehead atoms. The van der Waals surface area contributed by atoms with Crippen molar-refractivity contribution in [3.05, 3.63) is 86.6 Å². The average molecular weight is 418 g/mol. The van der Waals surface area contributed by atoms with Gasteiger partial charge in [-0.25, -0.2) is 10.2 Å². The van der Waals surface area contributed by atoms with Crippen molar-refractivity contribution in [3.63, 3.8) is 0 Å². The summed E-state index contributed by atoms with van der Waals surface area (Å²) in [5.74, 6) is 1.14. The number of ether oxygens (including phenoxy) is 1. The van der Waals surface area contributed by atoms with Gasteiger partial charge in [-0.15, -0.1) is 0 Å². The molecule has 2 aromatic heterocycles. The molecule has 0 unspecified atom stereocenters. The SMILES string of the molecule is CCOc1ccc(/C=N/Nc2nc3c(c(=O)[nH]c(=O)n3C)n2Cc2ccccc2)cc1. The maximum atomic E-state index is 12.5. The fourth-order valence-corrected chi connectivity index (χ4v) is 3.22. The highest BCUT2D eigenvalue weighted by Gasteiger charge is 2.17. The molecule has 0 saturated carbocycles. The molecule has 0 fully saturated rings. The molecule has 0 amide bonds. The van der Waals surface area contributed by atoms with E-state index in [-0.39, 0.29) is 5.65 Å². The van der Waals surface area contributed by atoms with Crippen LogP contribution in [-0.2, 0) is 13.6 Å². The number of anilines is 1. The van der Waals surface area contributed by atoms with Gasteiger partial charge in [0.1, 0.15) is 5.75 Å². The highest BCUT2D eigenvalue weighted by molar-refractivity contribution is 5.80. The Balaban J connectivity index is 1.69. The highest BCUT2D eigenvalue weighted by atomic mass is 16.5. The van der Waals surface area contributed by atoms with Gasteiger partial charge in [-0.05, 0) is 42.3 Å². The van der Waals surface area contributed by atoms with Crippen molar-refractivity contribution in [1.29, 1.82) is 0 Å². The van der Waals surface area contributed by atoms with Gasteiger partial charge in [0, 0.05) is 7.05 Å². The zero-order valence-corrected chi connectivity index (χ0v) is 17.2. The van der Waals surface area contributed by atoms with Gasteiger partial charge in [0.25, 0.3) is 5.56 Å². The van der Waals surface area contributed by atoms with Gasteiger partial charge in [0.15, 0.2) is 11.2 Å². The standard InChI is InChI=1S/C22H22N6O3/c1-3-31-17-11-9-15(10-12-17)13-23-26-21-24-19-18(20(29)25-22(30)27(19)2)28(21)14-16-7-5-4-6-8-16/h4-13H,3,14H2,1-2H3,(H,24,26)(H,25,29,30)/b23-13+. The molecule has 9 heteroatoms. The van der Waals surface area contributed by atoms with Gasteiger partial charge in [0.05, 0.1) is 19.4 Å². The maximum absolute atomic E-state index is 12.5. The van der Waals surface area contributed by atoms with Crippen molar-refractivity contribution < 1.29 is 4.74 Å². The van der Waals surface area contributed by atoms with Crippen LogP contribution in [-0.4, -0.2) is 31.9 Å². The van der Waals surface area contributed by atoms with Crippen LogP contribution in [0.3, 0.4) is 0 Å². The number of aromatic amines is 1. The summed E-state index contributed by atoms with van der Waals surface area (Å²) in [5.41, 5.74) is 4.31. The minimum Gasteiger partial charge on any atom is -0.494 e. The van der Waals surface area contributed by atoms with E-state index in [1.807, 2.05) is 61.5 Å². The Morgan fingerprint density at radius 1 is 1.13 bits per heavy atom. The van der Waals surface area contributed by atoms with Gasteiger partial charge in [-0.1, -0.05) is 30.3 Å². The predicted octanol–water partition coefficient (Wildman–Crippen LogP) is 2.32. The zero-order valence-electron chi connectivity index (χ0n) is 17.2. The Morgan fingerprint density at radius 2 is 1.87 bits per heavy atom. The van der Waals surface area contributed by atoms with Crippen LogP contribution in [0.2, 0.25) is 0 Å². The third-order valence-electron chi connectivity index (χ3n) is 4.76. The Labute approximate surface area is 177 Å². The molecule has 4 aromatic rings. The van der Waals surface area contributed by atoms with E-state index in [2.05, 4.69) is 20.5 Å². The lowest BCUT2D eigenvalue weighted by atomic mass is 10.2. The minimum atomic E-state index is -0.522. The quantitative estimate of drug-likeness (QED) is 0.354. The molecule has 0 aliphatic rings. The summed E-state index contributed by atoms with van der Waals surface area (Å²) in [4.78, 5) is 31.3. The largest absolute Gasteiger partial charge is 0.494 e. The fraction of sp³-hybridized carbons (Fsp3) is 0.182. The number of hydrogen-bond donors (Lipinski definition) is 2. The molecule has 0 aliphatic heterocycles. The van der Waals surface area contributed by atoms with Crippen LogP contribution in [0.4, 0.5) is 5.95 Å². The summed E-state index contributed by atoms with van der Waals surface area (Å²) in [6.45, 7) is 2.93. The highest BCUT2D eigenvalue weighted by Crippen LogP contribution is 2.18. The smallest absolute Gasteiger partial charge is 0.329 e. The van der Waals surface area contributed by atoms with E-state index < -0.39 is 11.2 Å². The van der Waals surface area contributed by atoms with Crippen molar-refractivity contribution >= 4 is 23.3 Å². The number of aromatic nitrogens is 4.